The second-order valence-corrected chi connectivity index (χ2v) is 13.1. The summed E-state index contributed by atoms with van der Waals surface area (Å²) in [4.78, 5) is 17.5. The summed E-state index contributed by atoms with van der Waals surface area (Å²) in [5.41, 5.74) is 9.41. The molecule has 9 heteroatoms. The molecule has 1 saturated heterocycles. The molecule has 0 spiro atoms. The van der Waals surface area contributed by atoms with Crippen molar-refractivity contribution in [2.24, 2.45) is 5.73 Å². The molecule has 3 aromatic rings. The third kappa shape index (κ3) is 8.46. The van der Waals surface area contributed by atoms with Crippen molar-refractivity contribution in [2.45, 2.75) is 114 Å². The maximum absolute atomic E-state index is 6.18. The monoisotopic (exact) mass is 588 g/mol. The van der Waals surface area contributed by atoms with Crippen LogP contribution in [0.4, 0.5) is 11.8 Å². The maximum Gasteiger partial charge on any atom is 0.227 e. The quantitative estimate of drug-likeness (QED) is 0.199. The van der Waals surface area contributed by atoms with Gasteiger partial charge in [0.25, 0.3) is 0 Å². The first-order valence-electron chi connectivity index (χ1n) is 17.1. The Morgan fingerprint density at radius 1 is 0.814 bits per heavy atom. The number of hydrogen-bond acceptors (Lipinski definition) is 8. The van der Waals surface area contributed by atoms with Crippen LogP contribution in [0.1, 0.15) is 95.1 Å². The van der Waals surface area contributed by atoms with E-state index in [4.69, 9.17) is 25.4 Å². The first-order valence-corrected chi connectivity index (χ1v) is 17.1. The summed E-state index contributed by atoms with van der Waals surface area (Å²) in [6.45, 7) is 5.12. The topological polar surface area (TPSA) is 106 Å². The van der Waals surface area contributed by atoms with Gasteiger partial charge in [-0.05, 0) is 89.2 Å². The highest BCUT2D eigenvalue weighted by atomic mass is 16.5. The van der Waals surface area contributed by atoms with E-state index in [1.807, 2.05) is 6.33 Å². The Balaban J connectivity index is 0.964. The number of ether oxygens (including phenoxy) is 1. The van der Waals surface area contributed by atoms with E-state index in [0.29, 0.717) is 24.2 Å². The van der Waals surface area contributed by atoms with E-state index in [9.17, 15) is 0 Å². The van der Waals surface area contributed by atoms with Gasteiger partial charge in [0, 0.05) is 43.9 Å². The predicted octanol–water partition coefficient (Wildman–Crippen LogP) is 5.93. The lowest BCUT2D eigenvalue weighted by atomic mass is 9.92. The molecule has 9 nitrogen and oxygen atoms in total. The number of likely N-dealkylation sites (tertiary alicyclic amines) is 1. The lowest BCUT2D eigenvalue weighted by Gasteiger charge is -2.32. The third-order valence-electron chi connectivity index (χ3n) is 9.81. The van der Waals surface area contributed by atoms with Crippen molar-refractivity contribution in [3.63, 3.8) is 0 Å². The Hall–Kier alpha value is -2.75. The molecule has 4 N–H and O–H groups in total. The summed E-state index contributed by atoms with van der Waals surface area (Å²) in [5.74, 6) is 1.62. The molecule has 0 atom stereocenters. The Morgan fingerprint density at radius 3 is 2.37 bits per heavy atom. The number of anilines is 2. The molecule has 0 bridgehead atoms. The van der Waals surface area contributed by atoms with Crippen LogP contribution in [0.15, 0.2) is 36.7 Å². The normalized spacial score (nSPS) is 22.3. The van der Waals surface area contributed by atoms with Crippen molar-refractivity contribution < 1.29 is 4.74 Å². The summed E-state index contributed by atoms with van der Waals surface area (Å²) in [6.07, 6.45) is 18.1. The van der Waals surface area contributed by atoms with Crippen molar-refractivity contribution in [1.29, 1.82) is 0 Å². The fourth-order valence-corrected chi connectivity index (χ4v) is 7.12. The Kier molecular flexibility index (Phi) is 10.8. The minimum atomic E-state index is 0.331. The molecule has 1 aromatic carbocycles. The van der Waals surface area contributed by atoms with Gasteiger partial charge in [-0.25, -0.2) is 4.98 Å². The molecule has 2 aromatic heterocycles. The molecule has 1 aliphatic heterocycles. The van der Waals surface area contributed by atoms with Crippen LogP contribution in [0.5, 0.6) is 0 Å². The minimum absolute atomic E-state index is 0.331. The van der Waals surface area contributed by atoms with Gasteiger partial charge in [0.05, 0.1) is 12.9 Å². The van der Waals surface area contributed by atoms with Gasteiger partial charge in [-0.1, -0.05) is 43.2 Å². The van der Waals surface area contributed by atoms with Crippen LogP contribution >= 0.6 is 0 Å². The fraction of sp³-hybridized carbons (Fsp3) is 0.676. The number of unbranched alkanes of at least 4 members (excludes halogenated alkanes) is 2. The van der Waals surface area contributed by atoms with E-state index in [2.05, 4.69) is 50.4 Å². The number of aromatic nitrogens is 4. The number of hydrogen-bond donors (Lipinski definition) is 3. The molecule has 3 fully saturated rings. The van der Waals surface area contributed by atoms with Crippen molar-refractivity contribution in [2.75, 3.05) is 43.5 Å². The largest absolute Gasteiger partial charge is 0.381 e. The molecule has 234 valence electrons. The molecule has 0 radical (unpaired) electrons. The first kappa shape index (κ1) is 30.3. The van der Waals surface area contributed by atoms with Gasteiger partial charge in [0.2, 0.25) is 5.95 Å². The number of piperidine rings is 1. The summed E-state index contributed by atoms with van der Waals surface area (Å²) >= 11 is 0. The maximum atomic E-state index is 6.18. The van der Waals surface area contributed by atoms with Crippen LogP contribution in [0.3, 0.4) is 0 Å². The van der Waals surface area contributed by atoms with Crippen LogP contribution < -0.4 is 16.4 Å². The summed E-state index contributed by atoms with van der Waals surface area (Å²) < 4.78 is 8.18. The molecule has 6 rings (SSSR count). The summed E-state index contributed by atoms with van der Waals surface area (Å²) in [7, 11) is 0. The SMILES string of the molecule is NC1CCC(Nc2nc(NC3CCN(CCCCCOCCc4ccccc4)CC3)nc3c2ncn3C2CCCC2)CC1. The molecule has 2 saturated carbocycles. The van der Waals surface area contributed by atoms with Crippen molar-refractivity contribution in [3.05, 3.63) is 42.2 Å². The smallest absolute Gasteiger partial charge is 0.227 e. The van der Waals surface area contributed by atoms with Crippen LogP contribution in [0, 0.1) is 0 Å². The number of benzene rings is 1. The molecular formula is C34H52N8O. The van der Waals surface area contributed by atoms with Crippen molar-refractivity contribution >= 4 is 22.9 Å². The number of fused-ring (bicyclic) bond motifs is 1. The van der Waals surface area contributed by atoms with Gasteiger partial charge in [-0.3, -0.25) is 0 Å². The van der Waals surface area contributed by atoms with E-state index < -0.39 is 0 Å². The Bertz CT molecular complexity index is 1240. The predicted molar refractivity (Wildman–Crippen MR) is 175 cm³/mol. The number of rotatable bonds is 14. The van der Waals surface area contributed by atoms with Crippen molar-refractivity contribution in [3.8, 4) is 0 Å². The van der Waals surface area contributed by atoms with E-state index >= 15 is 0 Å². The van der Waals surface area contributed by atoms with E-state index in [-0.39, 0.29) is 0 Å². The summed E-state index contributed by atoms with van der Waals surface area (Å²) in [5, 5.41) is 7.47. The van der Waals surface area contributed by atoms with Crippen LogP contribution in [-0.2, 0) is 11.2 Å². The molecule has 43 heavy (non-hydrogen) atoms. The number of nitrogens with one attached hydrogen (secondary N) is 2. The highest BCUT2D eigenvalue weighted by Crippen LogP contribution is 2.34. The standard InChI is InChI=1S/C34H52N8O/c35-27-13-15-28(16-14-27)37-32-31-33(42(25-36-31)30-11-5-6-12-30)40-34(39-32)38-29-17-21-41(22-18-29)20-7-2-8-23-43-24-19-26-9-3-1-4-10-26/h1,3-4,9-10,25,27-30H,2,5-8,11-24,35H2,(H2,37,38,39,40). The Labute approximate surface area is 257 Å². The van der Waals surface area contributed by atoms with E-state index in [0.717, 1.165) is 101 Å². The van der Waals surface area contributed by atoms with Gasteiger partial charge < -0.3 is 30.6 Å². The molecular weight excluding hydrogens is 536 g/mol. The van der Waals surface area contributed by atoms with Crippen LogP contribution in [-0.4, -0.2) is 75.4 Å². The lowest BCUT2D eigenvalue weighted by molar-refractivity contribution is 0.131. The van der Waals surface area contributed by atoms with Gasteiger partial charge in [0.1, 0.15) is 0 Å². The van der Waals surface area contributed by atoms with Gasteiger partial charge in [-0.15, -0.1) is 0 Å². The average molecular weight is 589 g/mol. The van der Waals surface area contributed by atoms with Crippen LogP contribution in [0.25, 0.3) is 11.2 Å². The zero-order valence-corrected chi connectivity index (χ0v) is 25.9. The van der Waals surface area contributed by atoms with Gasteiger partial charge in [-0.2, -0.15) is 9.97 Å². The Morgan fingerprint density at radius 2 is 1.58 bits per heavy atom. The van der Waals surface area contributed by atoms with Crippen LogP contribution in [0.2, 0.25) is 0 Å². The highest BCUT2D eigenvalue weighted by Gasteiger charge is 2.26. The highest BCUT2D eigenvalue weighted by molar-refractivity contribution is 5.84. The van der Waals surface area contributed by atoms with E-state index in [1.165, 1.54) is 50.6 Å². The third-order valence-corrected chi connectivity index (χ3v) is 9.81. The zero-order valence-electron chi connectivity index (χ0n) is 25.9. The van der Waals surface area contributed by atoms with Crippen molar-refractivity contribution in [1.82, 2.24) is 24.4 Å². The second-order valence-electron chi connectivity index (χ2n) is 13.1. The first-order chi connectivity index (χ1) is 21.2. The minimum Gasteiger partial charge on any atom is -0.381 e. The molecule has 3 aliphatic rings. The summed E-state index contributed by atoms with van der Waals surface area (Å²) in [6, 6.07) is 12.2. The molecule has 3 heterocycles. The van der Waals surface area contributed by atoms with Gasteiger partial charge in [0.15, 0.2) is 17.0 Å². The van der Waals surface area contributed by atoms with E-state index in [1.54, 1.807) is 0 Å². The number of imidazole rings is 1. The molecule has 2 aliphatic carbocycles. The van der Waals surface area contributed by atoms with Gasteiger partial charge >= 0.3 is 0 Å². The fourth-order valence-electron chi connectivity index (χ4n) is 7.12. The lowest BCUT2D eigenvalue weighted by Crippen LogP contribution is -2.39. The number of nitrogens with two attached hydrogens (primary N) is 1. The zero-order chi connectivity index (χ0) is 29.3. The molecule has 0 unspecified atom stereocenters. The molecule has 0 amide bonds. The number of nitrogens with zero attached hydrogens (tertiary/aromatic N) is 5. The average Bonchev–Trinajstić information content (AvgIpc) is 3.72. The second kappa shape index (κ2) is 15.3.